The molecular weight excluding hydrogens is 308 g/mol. The molecule has 0 unspecified atom stereocenters. The summed E-state index contributed by atoms with van der Waals surface area (Å²) in [6, 6.07) is 5.66. The van der Waals surface area contributed by atoms with Crippen molar-refractivity contribution in [2.75, 3.05) is 52.6 Å². The first-order valence-electron chi connectivity index (χ1n) is 8.45. The topological polar surface area (TPSA) is 60.0 Å². The van der Waals surface area contributed by atoms with Gasteiger partial charge < -0.3 is 19.5 Å². The van der Waals surface area contributed by atoms with Gasteiger partial charge in [0.1, 0.15) is 18.1 Å². The summed E-state index contributed by atoms with van der Waals surface area (Å²) in [5.74, 6) is 1.49. The number of nitrogens with zero attached hydrogens (tertiary/aromatic N) is 1. The lowest BCUT2D eigenvalue weighted by Crippen LogP contribution is -2.41. The summed E-state index contributed by atoms with van der Waals surface area (Å²) in [6.45, 7) is 7.71. The molecule has 1 aromatic carbocycles. The van der Waals surface area contributed by atoms with E-state index >= 15 is 0 Å². The summed E-state index contributed by atoms with van der Waals surface area (Å²) in [6.07, 6.45) is 1.88. The molecule has 0 aromatic heterocycles. The van der Waals surface area contributed by atoms with E-state index in [0.29, 0.717) is 25.3 Å². The molecule has 2 aliphatic heterocycles. The van der Waals surface area contributed by atoms with Crippen molar-refractivity contribution < 1.29 is 19.0 Å². The van der Waals surface area contributed by atoms with Crippen molar-refractivity contribution in [1.29, 1.82) is 0 Å². The molecule has 0 aliphatic carbocycles. The van der Waals surface area contributed by atoms with E-state index in [9.17, 15) is 4.79 Å². The number of rotatable bonds is 6. The quantitative estimate of drug-likeness (QED) is 0.851. The largest absolute Gasteiger partial charge is 0.494 e. The first-order chi connectivity index (χ1) is 11.8. The third kappa shape index (κ3) is 4.27. The highest BCUT2D eigenvalue weighted by molar-refractivity contribution is 5.99. The zero-order valence-corrected chi connectivity index (χ0v) is 14.0. The Morgan fingerprint density at radius 2 is 2.17 bits per heavy atom. The summed E-state index contributed by atoms with van der Waals surface area (Å²) < 4.78 is 16.5. The molecule has 0 radical (unpaired) electrons. The van der Waals surface area contributed by atoms with Crippen LogP contribution in [0, 0.1) is 0 Å². The average molecular weight is 332 g/mol. The predicted octanol–water partition coefficient (Wildman–Crippen LogP) is 1.31. The molecule has 0 saturated carbocycles. The van der Waals surface area contributed by atoms with Gasteiger partial charge in [-0.15, -0.1) is 0 Å². The molecular formula is C18H24N2O4. The zero-order valence-electron chi connectivity index (χ0n) is 14.0. The van der Waals surface area contributed by atoms with E-state index in [2.05, 4.69) is 10.2 Å². The molecule has 1 aromatic rings. The fraction of sp³-hybridized carbons (Fsp3) is 0.500. The molecule has 0 bridgehead atoms. The van der Waals surface area contributed by atoms with Crippen LogP contribution in [0.2, 0.25) is 0 Å². The number of nitrogens with one attached hydrogen (secondary N) is 1. The normalized spacial score (nSPS) is 17.5. The number of carbonyl (C=O) groups excluding carboxylic acids is 1. The van der Waals surface area contributed by atoms with Crippen LogP contribution in [0.25, 0.3) is 6.08 Å². The highest BCUT2D eigenvalue weighted by atomic mass is 16.5. The van der Waals surface area contributed by atoms with Gasteiger partial charge in [-0.2, -0.15) is 0 Å². The second-order valence-electron chi connectivity index (χ2n) is 5.80. The van der Waals surface area contributed by atoms with Gasteiger partial charge in [-0.3, -0.25) is 9.69 Å². The van der Waals surface area contributed by atoms with Gasteiger partial charge in [0, 0.05) is 31.7 Å². The number of amides is 1. The van der Waals surface area contributed by atoms with Crippen molar-refractivity contribution >= 4 is 12.0 Å². The van der Waals surface area contributed by atoms with Gasteiger partial charge in [-0.1, -0.05) is 0 Å². The van der Waals surface area contributed by atoms with Gasteiger partial charge in [-0.05, 0) is 31.2 Å². The lowest BCUT2D eigenvalue weighted by Gasteiger charge is -2.26. The first-order valence-corrected chi connectivity index (χ1v) is 8.45. The van der Waals surface area contributed by atoms with E-state index in [4.69, 9.17) is 14.2 Å². The maximum Gasteiger partial charge on any atom is 0.250 e. The Morgan fingerprint density at radius 1 is 1.33 bits per heavy atom. The molecule has 1 saturated heterocycles. The molecule has 6 nitrogen and oxygen atoms in total. The Morgan fingerprint density at radius 3 is 2.96 bits per heavy atom. The van der Waals surface area contributed by atoms with Crippen molar-refractivity contribution in [2.45, 2.75) is 6.92 Å². The number of ether oxygens (including phenoxy) is 3. The van der Waals surface area contributed by atoms with Crippen molar-refractivity contribution in [3.63, 3.8) is 0 Å². The van der Waals surface area contributed by atoms with Crippen molar-refractivity contribution in [2.24, 2.45) is 0 Å². The van der Waals surface area contributed by atoms with Crippen molar-refractivity contribution in [3.8, 4) is 11.5 Å². The number of benzene rings is 1. The van der Waals surface area contributed by atoms with Gasteiger partial charge >= 0.3 is 0 Å². The van der Waals surface area contributed by atoms with Crippen LogP contribution in [0.15, 0.2) is 23.8 Å². The van der Waals surface area contributed by atoms with Crippen LogP contribution in [0.1, 0.15) is 12.5 Å². The van der Waals surface area contributed by atoms with E-state index in [0.717, 1.165) is 49.9 Å². The molecule has 6 heteroatoms. The standard InChI is InChI=1S/C18H24N2O4/c1-2-23-16-3-4-17-14(12-16)11-15(13-24-17)18(21)19-5-6-20-7-9-22-10-8-20/h3-4,11-12H,2,5-10,13H2,1H3,(H,19,21). The fourth-order valence-corrected chi connectivity index (χ4v) is 2.81. The van der Waals surface area contributed by atoms with Gasteiger partial charge in [-0.25, -0.2) is 0 Å². The highest BCUT2D eigenvalue weighted by Crippen LogP contribution is 2.30. The molecule has 2 heterocycles. The number of hydrogen-bond donors (Lipinski definition) is 1. The first kappa shape index (κ1) is 16.8. The SMILES string of the molecule is CCOc1ccc2c(c1)C=C(C(=O)NCCN1CCOCC1)CO2. The minimum absolute atomic E-state index is 0.0734. The summed E-state index contributed by atoms with van der Waals surface area (Å²) in [5.41, 5.74) is 1.52. The molecule has 0 spiro atoms. The third-order valence-electron chi connectivity index (χ3n) is 4.11. The van der Waals surface area contributed by atoms with E-state index < -0.39 is 0 Å². The van der Waals surface area contributed by atoms with Crippen molar-refractivity contribution in [1.82, 2.24) is 10.2 Å². The Balaban J connectivity index is 1.55. The van der Waals surface area contributed by atoms with Crippen LogP contribution in [0.5, 0.6) is 11.5 Å². The van der Waals surface area contributed by atoms with Crippen LogP contribution >= 0.6 is 0 Å². The smallest absolute Gasteiger partial charge is 0.250 e. The molecule has 130 valence electrons. The second-order valence-corrected chi connectivity index (χ2v) is 5.80. The molecule has 3 rings (SSSR count). The lowest BCUT2D eigenvalue weighted by atomic mass is 10.1. The van der Waals surface area contributed by atoms with Crippen LogP contribution in [-0.4, -0.2) is 63.4 Å². The second kappa shape index (κ2) is 8.17. The predicted molar refractivity (Wildman–Crippen MR) is 91.4 cm³/mol. The maximum absolute atomic E-state index is 12.3. The lowest BCUT2D eigenvalue weighted by molar-refractivity contribution is -0.117. The number of carbonyl (C=O) groups is 1. The molecule has 1 amide bonds. The average Bonchev–Trinajstić information content (AvgIpc) is 2.62. The van der Waals surface area contributed by atoms with E-state index in [1.165, 1.54) is 0 Å². The third-order valence-corrected chi connectivity index (χ3v) is 4.11. The Hall–Kier alpha value is -2.05. The molecule has 24 heavy (non-hydrogen) atoms. The Bertz CT molecular complexity index is 609. The van der Waals surface area contributed by atoms with Crippen LogP contribution < -0.4 is 14.8 Å². The van der Waals surface area contributed by atoms with E-state index in [1.54, 1.807) is 0 Å². The van der Waals surface area contributed by atoms with E-state index in [1.807, 2.05) is 31.2 Å². The van der Waals surface area contributed by atoms with Gasteiger partial charge in [0.2, 0.25) is 0 Å². The maximum atomic E-state index is 12.3. The summed E-state index contributed by atoms with van der Waals surface area (Å²) in [7, 11) is 0. The minimum Gasteiger partial charge on any atom is -0.494 e. The van der Waals surface area contributed by atoms with Crippen LogP contribution in [0.3, 0.4) is 0 Å². The highest BCUT2D eigenvalue weighted by Gasteiger charge is 2.18. The fourth-order valence-electron chi connectivity index (χ4n) is 2.81. The van der Waals surface area contributed by atoms with Crippen molar-refractivity contribution in [3.05, 3.63) is 29.3 Å². The number of fused-ring (bicyclic) bond motifs is 1. The van der Waals surface area contributed by atoms with Gasteiger partial charge in [0.25, 0.3) is 5.91 Å². The summed E-state index contributed by atoms with van der Waals surface area (Å²) >= 11 is 0. The Labute approximate surface area is 142 Å². The number of hydrogen-bond acceptors (Lipinski definition) is 5. The number of morpholine rings is 1. The molecule has 1 N–H and O–H groups in total. The minimum atomic E-state index is -0.0734. The monoisotopic (exact) mass is 332 g/mol. The summed E-state index contributed by atoms with van der Waals surface area (Å²) in [5, 5.41) is 2.97. The van der Waals surface area contributed by atoms with Crippen LogP contribution in [-0.2, 0) is 9.53 Å². The zero-order chi connectivity index (χ0) is 16.8. The van der Waals surface area contributed by atoms with Crippen LogP contribution in [0.4, 0.5) is 0 Å². The molecule has 0 atom stereocenters. The van der Waals surface area contributed by atoms with Gasteiger partial charge in [0.05, 0.1) is 25.4 Å². The summed E-state index contributed by atoms with van der Waals surface area (Å²) in [4.78, 5) is 14.6. The Kier molecular flexibility index (Phi) is 5.72. The molecule has 1 fully saturated rings. The van der Waals surface area contributed by atoms with E-state index in [-0.39, 0.29) is 5.91 Å². The molecule has 2 aliphatic rings. The van der Waals surface area contributed by atoms with Gasteiger partial charge in [0.15, 0.2) is 0 Å².